The molecule has 1 heterocycles. The maximum Gasteiger partial charge on any atom is 0.115 e. The SMILES string of the molecule is CC(C)(N)Cc1cncnc1. The van der Waals surface area contributed by atoms with E-state index in [0.29, 0.717) is 0 Å². The largest absolute Gasteiger partial charge is 0.325 e. The Balaban J connectivity index is 2.66. The fourth-order valence-corrected chi connectivity index (χ4v) is 0.947. The topological polar surface area (TPSA) is 51.8 Å². The molecular formula is C8H13N3. The standard InChI is InChI=1S/C8H13N3/c1-8(2,9)3-7-4-10-6-11-5-7/h4-6H,3,9H2,1-2H3. The molecule has 0 fully saturated rings. The van der Waals surface area contributed by atoms with Gasteiger partial charge in [-0.25, -0.2) is 9.97 Å². The number of rotatable bonds is 2. The lowest BCUT2D eigenvalue weighted by Gasteiger charge is -2.17. The number of hydrogen-bond acceptors (Lipinski definition) is 3. The molecule has 3 nitrogen and oxygen atoms in total. The highest BCUT2D eigenvalue weighted by atomic mass is 14.8. The van der Waals surface area contributed by atoms with Crippen molar-refractivity contribution in [2.45, 2.75) is 25.8 Å². The van der Waals surface area contributed by atoms with E-state index in [4.69, 9.17) is 5.73 Å². The van der Waals surface area contributed by atoms with Crippen molar-refractivity contribution in [3.05, 3.63) is 24.3 Å². The molecule has 0 aliphatic rings. The van der Waals surface area contributed by atoms with Gasteiger partial charge in [0.2, 0.25) is 0 Å². The van der Waals surface area contributed by atoms with Crippen LogP contribution in [0.2, 0.25) is 0 Å². The van der Waals surface area contributed by atoms with Crippen LogP contribution >= 0.6 is 0 Å². The summed E-state index contributed by atoms with van der Waals surface area (Å²) < 4.78 is 0. The van der Waals surface area contributed by atoms with Gasteiger partial charge >= 0.3 is 0 Å². The zero-order valence-corrected chi connectivity index (χ0v) is 6.91. The van der Waals surface area contributed by atoms with E-state index in [0.717, 1.165) is 12.0 Å². The predicted molar refractivity (Wildman–Crippen MR) is 44.0 cm³/mol. The van der Waals surface area contributed by atoms with Crippen molar-refractivity contribution in [3.63, 3.8) is 0 Å². The molecule has 0 aliphatic carbocycles. The van der Waals surface area contributed by atoms with Crippen LogP contribution in [0.4, 0.5) is 0 Å². The summed E-state index contributed by atoms with van der Waals surface area (Å²) in [6.45, 7) is 3.97. The predicted octanol–water partition coefficient (Wildman–Crippen LogP) is 0.756. The van der Waals surface area contributed by atoms with Crippen molar-refractivity contribution in [2.24, 2.45) is 5.73 Å². The summed E-state index contributed by atoms with van der Waals surface area (Å²) in [5.41, 5.74) is 6.72. The Bertz CT molecular complexity index is 213. The van der Waals surface area contributed by atoms with E-state index in [1.165, 1.54) is 6.33 Å². The lowest BCUT2D eigenvalue weighted by atomic mass is 9.98. The molecule has 0 saturated carbocycles. The van der Waals surface area contributed by atoms with Crippen LogP contribution in [-0.4, -0.2) is 15.5 Å². The van der Waals surface area contributed by atoms with E-state index >= 15 is 0 Å². The molecule has 0 aromatic carbocycles. The van der Waals surface area contributed by atoms with Gasteiger partial charge in [-0.05, 0) is 25.8 Å². The molecular weight excluding hydrogens is 138 g/mol. The minimum absolute atomic E-state index is 0.176. The third-order valence-corrected chi connectivity index (χ3v) is 1.27. The molecule has 0 saturated heterocycles. The van der Waals surface area contributed by atoms with Gasteiger partial charge in [-0.2, -0.15) is 0 Å². The first-order valence-electron chi connectivity index (χ1n) is 3.61. The van der Waals surface area contributed by atoms with Crippen LogP contribution in [-0.2, 0) is 6.42 Å². The second kappa shape index (κ2) is 2.96. The van der Waals surface area contributed by atoms with Gasteiger partial charge in [0.05, 0.1) is 0 Å². The molecule has 1 rings (SSSR count). The molecule has 0 bridgehead atoms. The van der Waals surface area contributed by atoms with Gasteiger partial charge in [-0.1, -0.05) is 0 Å². The van der Waals surface area contributed by atoms with Crippen LogP contribution < -0.4 is 5.73 Å². The molecule has 0 amide bonds. The average Bonchev–Trinajstić information content (AvgIpc) is 1.85. The fraction of sp³-hybridized carbons (Fsp3) is 0.500. The van der Waals surface area contributed by atoms with Crippen LogP contribution in [0.25, 0.3) is 0 Å². The smallest absolute Gasteiger partial charge is 0.115 e. The second-order valence-electron chi connectivity index (χ2n) is 3.41. The Kier molecular flexibility index (Phi) is 2.19. The van der Waals surface area contributed by atoms with E-state index in [1.54, 1.807) is 12.4 Å². The highest BCUT2D eigenvalue weighted by Gasteiger charge is 2.11. The van der Waals surface area contributed by atoms with Crippen molar-refractivity contribution >= 4 is 0 Å². The Labute approximate surface area is 66.7 Å². The number of nitrogens with two attached hydrogens (primary N) is 1. The molecule has 3 heteroatoms. The quantitative estimate of drug-likeness (QED) is 0.678. The third kappa shape index (κ3) is 3.09. The van der Waals surface area contributed by atoms with Crippen LogP contribution in [0.15, 0.2) is 18.7 Å². The van der Waals surface area contributed by atoms with Crippen LogP contribution in [0.5, 0.6) is 0 Å². The van der Waals surface area contributed by atoms with E-state index in [9.17, 15) is 0 Å². The van der Waals surface area contributed by atoms with Gasteiger partial charge in [-0.3, -0.25) is 0 Å². The highest BCUT2D eigenvalue weighted by molar-refractivity contribution is 5.06. The van der Waals surface area contributed by atoms with Crippen molar-refractivity contribution in [2.75, 3.05) is 0 Å². The van der Waals surface area contributed by atoms with Crippen LogP contribution in [0.3, 0.4) is 0 Å². The molecule has 60 valence electrons. The average molecular weight is 151 g/mol. The molecule has 1 aromatic heterocycles. The van der Waals surface area contributed by atoms with Gasteiger partial charge in [0.25, 0.3) is 0 Å². The minimum atomic E-state index is -0.176. The summed E-state index contributed by atoms with van der Waals surface area (Å²) >= 11 is 0. The monoisotopic (exact) mass is 151 g/mol. The van der Waals surface area contributed by atoms with E-state index in [2.05, 4.69) is 9.97 Å². The van der Waals surface area contributed by atoms with Gasteiger partial charge in [0.1, 0.15) is 6.33 Å². The van der Waals surface area contributed by atoms with Crippen molar-refractivity contribution in [1.29, 1.82) is 0 Å². The van der Waals surface area contributed by atoms with E-state index in [1.807, 2.05) is 13.8 Å². The lowest BCUT2D eigenvalue weighted by molar-refractivity contribution is 0.515. The molecule has 0 atom stereocenters. The second-order valence-corrected chi connectivity index (χ2v) is 3.41. The van der Waals surface area contributed by atoms with Crippen LogP contribution in [0.1, 0.15) is 19.4 Å². The number of aromatic nitrogens is 2. The summed E-state index contributed by atoms with van der Waals surface area (Å²) in [6, 6.07) is 0. The molecule has 0 aliphatic heterocycles. The van der Waals surface area contributed by atoms with Crippen molar-refractivity contribution in [3.8, 4) is 0 Å². The molecule has 0 unspecified atom stereocenters. The summed E-state index contributed by atoms with van der Waals surface area (Å²) in [5.74, 6) is 0. The van der Waals surface area contributed by atoms with E-state index in [-0.39, 0.29) is 5.54 Å². The molecule has 11 heavy (non-hydrogen) atoms. The van der Waals surface area contributed by atoms with Crippen molar-refractivity contribution < 1.29 is 0 Å². The number of nitrogens with zero attached hydrogens (tertiary/aromatic N) is 2. The van der Waals surface area contributed by atoms with Crippen LogP contribution in [0, 0.1) is 0 Å². The van der Waals surface area contributed by atoms with Gasteiger partial charge < -0.3 is 5.73 Å². The van der Waals surface area contributed by atoms with Crippen molar-refractivity contribution in [1.82, 2.24) is 9.97 Å². The maximum absolute atomic E-state index is 5.81. The zero-order chi connectivity index (χ0) is 8.32. The minimum Gasteiger partial charge on any atom is -0.325 e. The van der Waals surface area contributed by atoms with Gasteiger partial charge in [0, 0.05) is 17.9 Å². The summed E-state index contributed by atoms with van der Waals surface area (Å²) in [6.07, 6.45) is 5.92. The lowest BCUT2D eigenvalue weighted by Crippen LogP contribution is -2.34. The highest BCUT2D eigenvalue weighted by Crippen LogP contribution is 2.06. The Morgan fingerprint density at radius 3 is 2.36 bits per heavy atom. The third-order valence-electron chi connectivity index (χ3n) is 1.27. The maximum atomic E-state index is 5.81. The Morgan fingerprint density at radius 1 is 1.36 bits per heavy atom. The normalized spacial score (nSPS) is 11.5. The fourth-order valence-electron chi connectivity index (χ4n) is 0.947. The van der Waals surface area contributed by atoms with Gasteiger partial charge in [-0.15, -0.1) is 0 Å². The zero-order valence-electron chi connectivity index (χ0n) is 6.91. The summed E-state index contributed by atoms with van der Waals surface area (Å²) in [7, 11) is 0. The molecule has 1 aromatic rings. The first-order chi connectivity index (χ1) is 5.08. The Hall–Kier alpha value is -0.960. The van der Waals surface area contributed by atoms with E-state index < -0.39 is 0 Å². The molecule has 0 spiro atoms. The summed E-state index contributed by atoms with van der Waals surface area (Å²) in [4.78, 5) is 7.80. The van der Waals surface area contributed by atoms with Gasteiger partial charge in [0.15, 0.2) is 0 Å². The molecule has 2 N–H and O–H groups in total. The number of hydrogen-bond donors (Lipinski definition) is 1. The Morgan fingerprint density at radius 2 is 1.91 bits per heavy atom. The molecule has 0 radical (unpaired) electrons. The summed E-state index contributed by atoms with van der Waals surface area (Å²) in [5, 5.41) is 0. The first kappa shape index (κ1) is 8.14. The first-order valence-corrected chi connectivity index (χ1v) is 3.61.